The lowest BCUT2D eigenvalue weighted by Crippen LogP contribution is -2.33. The average Bonchev–Trinajstić information content (AvgIpc) is 2.45. The Labute approximate surface area is 127 Å². The number of aryl methyl sites for hydroxylation is 2. The number of carboxylic acids is 1. The quantitative estimate of drug-likeness (QED) is 0.711. The van der Waals surface area contributed by atoms with Gasteiger partial charge in [-0.15, -0.1) is 0 Å². The molecule has 0 saturated carbocycles. The number of nitrogens with zero attached hydrogens (tertiary/aromatic N) is 1. The van der Waals surface area contributed by atoms with Gasteiger partial charge in [0.1, 0.15) is 5.75 Å². The molecule has 0 amide bonds. The van der Waals surface area contributed by atoms with Crippen LogP contribution in [0, 0.1) is 19.8 Å². The molecule has 0 aliphatic rings. The third-order valence-electron chi connectivity index (χ3n) is 3.77. The number of carbonyl (C=O) groups is 1. The molecule has 0 spiro atoms. The number of ether oxygens (including phenoxy) is 1. The summed E-state index contributed by atoms with van der Waals surface area (Å²) >= 11 is 0. The molecule has 118 valence electrons. The Morgan fingerprint density at radius 3 is 2.62 bits per heavy atom. The summed E-state index contributed by atoms with van der Waals surface area (Å²) in [7, 11) is 0. The summed E-state index contributed by atoms with van der Waals surface area (Å²) in [6.45, 7) is 10.9. The van der Waals surface area contributed by atoms with Crippen LogP contribution in [0.3, 0.4) is 0 Å². The molecule has 21 heavy (non-hydrogen) atoms. The molecule has 0 aliphatic carbocycles. The number of rotatable bonds is 9. The van der Waals surface area contributed by atoms with E-state index in [0.29, 0.717) is 13.2 Å². The van der Waals surface area contributed by atoms with E-state index in [-0.39, 0.29) is 5.92 Å². The fourth-order valence-electron chi connectivity index (χ4n) is 2.13. The summed E-state index contributed by atoms with van der Waals surface area (Å²) in [4.78, 5) is 13.0. The van der Waals surface area contributed by atoms with Crippen LogP contribution in [0.5, 0.6) is 5.75 Å². The van der Waals surface area contributed by atoms with E-state index < -0.39 is 5.97 Å². The molecule has 1 aromatic carbocycles. The van der Waals surface area contributed by atoms with E-state index in [1.165, 1.54) is 11.1 Å². The SMILES string of the molecule is CCN(CCCOc1ccc(C)c(C)c1)CC(C)C(=O)O. The van der Waals surface area contributed by atoms with E-state index >= 15 is 0 Å². The standard InChI is InChI=1S/C17H27NO3/c1-5-18(12-15(4)17(19)20)9-6-10-21-16-8-7-13(2)14(3)11-16/h7-8,11,15H,5-6,9-10,12H2,1-4H3,(H,19,20). The smallest absolute Gasteiger partial charge is 0.307 e. The fraction of sp³-hybridized carbons (Fsp3) is 0.588. The zero-order chi connectivity index (χ0) is 15.8. The lowest BCUT2D eigenvalue weighted by Gasteiger charge is -2.22. The molecule has 0 heterocycles. The Morgan fingerprint density at radius 2 is 2.05 bits per heavy atom. The molecule has 1 unspecified atom stereocenters. The minimum Gasteiger partial charge on any atom is -0.494 e. The zero-order valence-corrected chi connectivity index (χ0v) is 13.6. The lowest BCUT2D eigenvalue weighted by atomic mass is 10.1. The van der Waals surface area contributed by atoms with Crippen molar-refractivity contribution in [2.75, 3.05) is 26.2 Å². The second-order valence-electron chi connectivity index (χ2n) is 5.58. The Bertz CT molecular complexity index is 459. The zero-order valence-electron chi connectivity index (χ0n) is 13.6. The highest BCUT2D eigenvalue weighted by Gasteiger charge is 2.14. The van der Waals surface area contributed by atoms with Gasteiger partial charge in [0.15, 0.2) is 0 Å². The maximum atomic E-state index is 10.9. The highest BCUT2D eigenvalue weighted by atomic mass is 16.5. The number of hydrogen-bond acceptors (Lipinski definition) is 3. The molecule has 4 heteroatoms. The van der Waals surface area contributed by atoms with Gasteiger partial charge < -0.3 is 14.7 Å². The second kappa shape index (κ2) is 8.67. The van der Waals surface area contributed by atoms with Gasteiger partial charge in [0.25, 0.3) is 0 Å². The number of carboxylic acid groups (broad SMARTS) is 1. The van der Waals surface area contributed by atoms with Gasteiger partial charge in [-0.25, -0.2) is 0 Å². The molecule has 1 rings (SSSR count). The first-order chi connectivity index (χ1) is 9.93. The molecule has 1 aromatic rings. The molecule has 4 nitrogen and oxygen atoms in total. The van der Waals surface area contributed by atoms with Gasteiger partial charge in [0, 0.05) is 13.1 Å². The lowest BCUT2D eigenvalue weighted by molar-refractivity contribution is -0.141. The summed E-state index contributed by atoms with van der Waals surface area (Å²) in [5, 5.41) is 8.94. The average molecular weight is 293 g/mol. The second-order valence-corrected chi connectivity index (χ2v) is 5.58. The molecule has 0 aromatic heterocycles. The Hall–Kier alpha value is -1.55. The number of aliphatic carboxylic acids is 1. The van der Waals surface area contributed by atoms with Gasteiger partial charge in [0.2, 0.25) is 0 Å². The molecular formula is C17H27NO3. The van der Waals surface area contributed by atoms with Gasteiger partial charge >= 0.3 is 5.97 Å². The van der Waals surface area contributed by atoms with Gasteiger partial charge in [-0.1, -0.05) is 19.9 Å². The predicted octanol–water partition coefficient (Wildman–Crippen LogP) is 3.11. The summed E-state index contributed by atoms with van der Waals surface area (Å²) in [5.41, 5.74) is 2.50. The van der Waals surface area contributed by atoms with E-state index in [0.717, 1.165) is 25.3 Å². The first kappa shape index (κ1) is 17.5. The first-order valence-corrected chi connectivity index (χ1v) is 7.59. The van der Waals surface area contributed by atoms with Crippen LogP contribution in [-0.2, 0) is 4.79 Å². The molecule has 1 N–H and O–H groups in total. The van der Waals surface area contributed by atoms with Gasteiger partial charge in [-0.2, -0.15) is 0 Å². The van der Waals surface area contributed by atoms with E-state index in [4.69, 9.17) is 9.84 Å². The largest absolute Gasteiger partial charge is 0.494 e. The third-order valence-corrected chi connectivity index (χ3v) is 3.77. The monoisotopic (exact) mass is 293 g/mol. The van der Waals surface area contributed by atoms with E-state index in [2.05, 4.69) is 37.8 Å². The van der Waals surface area contributed by atoms with Crippen LogP contribution in [0.15, 0.2) is 18.2 Å². The summed E-state index contributed by atoms with van der Waals surface area (Å²) in [6, 6.07) is 6.11. The summed E-state index contributed by atoms with van der Waals surface area (Å²) in [6.07, 6.45) is 0.896. The van der Waals surface area contributed by atoms with Crippen molar-refractivity contribution >= 4 is 5.97 Å². The van der Waals surface area contributed by atoms with Crippen molar-refractivity contribution in [3.8, 4) is 5.75 Å². The van der Waals surface area contributed by atoms with Gasteiger partial charge in [-0.05, 0) is 50.1 Å². The van der Waals surface area contributed by atoms with Crippen LogP contribution < -0.4 is 4.74 Å². The van der Waals surface area contributed by atoms with E-state index in [9.17, 15) is 4.79 Å². The topological polar surface area (TPSA) is 49.8 Å². The van der Waals surface area contributed by atoms with E-state index in [1.54, 1.807) is 6.92 Å². The first-order valence-electron chi connectivity index (χ1n) is 7.59. The molecule has 0 fully saturated rings. The van der Waals surface area contributed by atoms with Gasteiger partial charge in [-0.3, -0.25) is 4.79 Å². The molecular weight excluding hydrogens is 266 g/mol. The highest BCUT2D eigenvalue weighted by Crippen LogP contribution is 2.16. The van der Waals surface area contributed by atoms with Crippen molar-refractivity contribution in [1.29, 1.82) is 0 Å². The minimum atomic E-state index is -0.736. The van der Waals surface area contributed by atoms with Crippen molar-refractivity contribution in [3.05, 3.63) is 29.3 Å². The Morgan fingerprint density at radius 1 is 1.33 bits per heavy atom. The normalized spacial score (nSPS) is 12.4. The van der Waals surface area contributed by atoms with Crippen molar-refractivity contribution in [3.63, 3.8) is 0 Å². The molecule has 0 radical (unpaired) electrons. The van der Waals surface area contributed by atoms with Crippen molar-refractivity contribution < 1.29 is 14.6 Å². The molecule has 0 bridgehead atoms. The number of hydrogen-bond donors (Lipinski definition) is 1. The van der Waals surface area contributed by atoms with Crippen LogP contribution in [-0.4, -0.2) is 42.2 Å². The summed E-state index contributed by atoms with van der Waals surface area (Å²) < 4.78 is 5.75. The Balaban J connectivity index is 2.31. The molecule has 1 atom stereocenters. The van der Waals surface area contributed by atoms with Crippen LogP contribution in [0.25, 0.3) is 0 Å². The summed E-state index contributed by atoms with van der Waals surface area (Å²) in [5.74, 6) is -0.162. The van der Waals surface area contributed by atoms with E-state index in [1.807, 2.05) is 6.07 Å². The highest BCUT2D eigenvalue weighted by molar-refractivity contribution is 5.69. The maximum Gasteiger partial charge on any atom is 0.307 e. The van der Waals surface area contributed by atoms with Crippen LogP contribution in [0.2, 0.25) is 0 Å². The van der Waals surface area contributed by atoms with Crippen LogP contribution in [0.1, 0.15) is 31.4 Å². The van der Waals surface area contributed by atoms with Crippen LogP contribution in [0.4, 0.5) is 0 Å². The third kappa shape index (κ3) is 6.17. The van der Waals surface area contributed by atoms with Crippen LogP contribution >= 0.6 is 0 Å². The molecule has 0 aliphatic heterocycles. The van der Waals surface area contributed by atoms with Gasteiger partial charge in [0.05, 0.1) is 12.5 Å². The van der Waals surface area contributed by atoms with Crippen molar-refractivity contribution in [1.82, 2.24) is 4.90 Å². The fourth-order valence-corrected chi connectivity index (χ4v) is 2.13. The minimum absolute atomic E-state index is 0.328. The maximum absolute atomic E-state index is 10.9. The van der Waals surface area contributed by atoms with Crippen molar-refractivity contribution in [2.24, 2.45) is 5.92 Å². The molecule has 0 saturated heterocycles. The Kier molecular flexibility index (Phi) is 7.23. The predicted molar refractivity (Wildman–Crippen MR) is 84.9 cm³/mol. The van der Waals surface area contributed by atoms with Crippen molar-refractivity contribution in [2.45, 2.75) is 34.1 Å². The number of benzene rings is 1.